The van der Waals surface area contributed by atoms with Gasteiger partial charge in [-0.1, -0.05) is 12.2 Å². The SMILES string of the molecule is Nc1ccc2c(c1)CC1(CC2=O)CC2C=CC1C2. The Morgan fingerprint density at radius 3 is 2.83 bits per heavy atom. The zero-order valence-electron chi connectivity index (χ0n) is 10.4. The van der Waals surface area contributed by atoms with Gasteiger partial charge in [-0.05, 0) is 60.3 Å². The second-order valence-corrected chi connectivity index (χ2v) is 6.25. The van der Waals surface area contributed by atoms with Crippen LogP contribution >= 0.6 is 0 Å². The van der Waals surface area contributed by atoms with Crippen molar-refractivity contribution in [2.24, 2.45) is 17.3 Å². The first-order valence-electron chi connectivity index (χ1n) is 6.76. The minimum Gasteiger partial charge on any atom is -0.399 e. The summed E-state index contributed by atoms with van der Waals surface area (Å²) in [6.45, 7) is 0. The van der Waals surface area contributed by atoms with Gasteiger partial charge in [-0.2, -0.15) is 0 Å². The largest absolute Gasteiger partial charge is 0.399 e. The highest BCUT2D eigenvalue weighted by atomic mass is 16.1. The molecule has 3 aliphatic carbocycles. The molecule has 0 aliphatic heterocycles. The number of rotatable bonds is 0. The maximum Gasteiger partial charge on any atom is 0.163 e. The lowest BCUT2D eigenvalue weighted by molar-refractivity contribution is 0.0848. The summed E-state index contributed by atoms with van der Waals surface area (Å²) in [4.78, 5) is 12.4. The Kier molecular flexibility index (Phi) is 1.87. The number of anilines is 1. The fourth-order valence-electron chi connectivity index (χ4n) is 4.35. The molecule has 3 atom stereocenters. The molecule has 2 heteroatoms. The molecule has 3 aliphatic rings. The first-order chi connectivity index (χ1) is 8.66. The zero-order chi connectivity index (χ0) is 12.3. The molecule has 2 nitrogen and oxygen atoms in total. The quantitative estimate of drug-likeness (QED) is 0.558. The van der Waals surface area contributed by atoms with Crippen LogP contribution in [-0.4, -0.2) is 5.78 Å². The molecular weight excluding hydrogens is 222 g/mol. The van der Waals surface area contributed by atoms with E-state index in [1.54, 1.807) is 0 Å². The van der Waals surface area contributed by atoms with Gasteiger partial charge in [-0.15, -0.1) is 0 Å². The van der Waals surface area contributed by atoms with Gasteiger partial charge in [0.25, 0.3) is 0 Å². The van der Waals surface area contributed by atoms with Gasteiger partial charge in [-0.25, -0.2) is 0 Å². The van der Waals surface area contributed by atoms with Gasteiger partial charge in [0.15, 0.2) is 5.78 Å². The van der Waals surface area contributed by atoms with E-state index in [1.807, 2.05) is 18.2 Å². The standard InChI is InChI=1S/C16H17NO/c17-13-3-4-14-11(6-13)8-16(9-15(14)18)7-10-1-2-12(16)5-10/h1-4,6,10,12H,5,7-9,17H2. The van der Waals surface area contributed by atoms with E-state index in [2.05, 4.69) is 12.2 Å². The summed E-state index contributed by atoms with van der Waals surface area (Å²) in [5.41, 5.74) is 8.92. The van der Waals surface area contributed by atoms with Crippen LogP contribution in [0.15, 0.2) is 30.4 Å². The first-order valence-corrected chi connectivity index (χ1v) is 6.76. The van der Waals surface area contributed by atoms with Crippen LogP contribution in [0.5, 0.6) is 0 Å². The van der Waals surface area contributed by atoms with E-state index < -0.39 is 0 Å². The summed E-state index contributed by atoms with van der Waals surface area (Å²) in [5.74, 6) is 1.64. The van der Waals surface area contributed by atoms with Crippen LogP contribution in [0.25, 0.3) is 0 Å². The molecule has 1 saturated carbocycles. The Bertz CT molecular complexity index is 574. The Hall–Kier alpha value is -1.57. The number of benzene rings is 1. The predicted molar refractivity (Wildman–Crippen MR) is 71.3 cm³/mol. The number of Topliss-reactive ketones (excluding diaryl/α,β-unsaturated/α-hetero) is 1. The number of hydrogen-bond donors (Lipinski definition) is 1. The highest BCUT2D eigenvalue weighted by Crippen LogP contribution is 2.57. The van der Waals surface area contributed by atoms with Crippen molar-refractivity contribution < 1.29 is 4.79 Å². The number of carbonyl (C=O) groups excluding carboxylic acids is 1. The molecule has 0 saturated heterocycles. The summed E-state index contributed by atoms with van der Waals surface area (Å²) >= 11 is 0. The van der Waals surface area contributed by atoms with Crippen LogP contribution in [0.3, 0.4) is 0 Å². The first kappa shape index (κ1) is 10.4. The van der Waals surface area contributed by atoms with Crippen molar-refractivity contribution in [1.82, 2.24) is 0 Å². The maximum absolute atomic E-state index is 12.4. The smallest absolute Gasteiger partial charge is 0.163 e. The molecule has 0 heterocycles. The fourth-order valence-corrected chi connectivity index (χ4v) is 4.35. The summed E-state index contributed by atoms with van der Waals surface area (Å²) in [5, 5.41) is 0. The van der Waals surface area contributed by atoms with Gasteiger partial charge in [0.2, 0.25) is 0 Å². The molecule has 2 bridgehead atoms. The zero-order valence-corrected chi connectivity index (χ0v) is 10.4. The van der Waals surface area contributed by atoms with Crippen molar-refractivity contribution in [3.05, 3.63) is 41.5 Å². The van der Waals surface area contributed by atoms with Gasteiger partial charge in [-0.3, -0.25) is 4.79 Å². The van der Waals surface area contributed by atoms with Crippen molar-refractivity contribution in [2.45, 2.75) is 25.7 Å². The minimum absolute atomic E-state index is 0.206. The van der Waals surface area contributed by atoms with E-state index in [9.17, 15) is 4.79 Å². The molecule has 0 amide bonds. The Morgan fingerprint density at radius 2 is 2.11 bits per heavy atom. The highest BCUT2D eigenvalue weighted by Gasteiger charge is 2.51. The summed E-state index contributed by atoms with van der Waals surface area (Å²) in [6.07, 6.45) is 8.90. The maximum atomic E-state index is 12.4. The van der Waals surface area contributed by atoms with Gasteiger partial charge in [0, 0.05) is 17.7 Å². The number of allylic oxidation sites excluding steroid dienone is 2. The molecule has 2 N–H and O–H groups in total. The Labute approximate surface area is 107 Å². The van der Waals surface area contributed by atoms with Crippen LogP contribution in [0.1, 0.15) is 35.2 Å². The molecule has 3 unspecified atom stereocenters. The van der Waals surface area contributed by atoms with E-state index >= 15 is 0 Å². The fraction of sp³-hybridized carbons (Fsp3) is 0.438. The summed E-state index contributed by atoms with van der Waals surface area (Å²) < 4.78 is 0. The summed E-state index contributed by atoms with van der Waals surface area (Å²) in [6, 6.07) is 5.75. The Morgan fingerprint density at radius 1 is 1.22 bits per heavy atom. The molecular formula is C16H17NO. The predicted octanol–water partition coefficient (Wildman–Crippen LogP) is 2.98. The monoisotopic (exact) mass is 239 g/mol. The lowest BCUT2D eigenvalue weighted by atomic mass is 9.64. The normalized spacial score (nSPS) is 36.3. The van der Waals surface area contributed by atoms with E-state index in [-0.39, 0.29) is 5.41 Å². The molecule has 92 valence electrons. The molecule has 1 aromatic carbocycles. The molecule has 0 radical (unpaired) electrons. The third kappa shape index (κ3) is 1.26. The minimum atomic E-state index is 0.206. The van der Waals surface area contributed by atoms with Crippen LogP contribution < -0.4 is 5.73 Å². The van der Waals surface area contributed by atoms with E-state index in [0.29, 0.717) is 17.6 Å². The van der Waals surface area contributed by atoms with Gasteiger partial charge < -0.3 is 5.73 Å². The van der Waals surface area contributed by atoms with E-state index in [1.165, 1.54) is 18.4 Å². The number of fused-ring (bicyclic) bond motifs is 4. The molecule has 18 heavy (non-hydrogen) atoms. The van der Waals surface area contributed by atoms with E-state index in [4.69, 9.17) is 5.73 Å². The third-order valence-electron chi connectivity index (χ3n) is 5.11. The van der Waals surface area contributed by atoms with Gasteiger partial charge in [0.05, 0.1) is 0 Å². The number of ketones is 1. The van der Waals surface area contributed by atoms with Crippen LogP contribution in [0.4, 0.5) is 5.69 Å². The Balaban J connectivity index is 1.80. The average molecular weight is 239 g/mol. The number of nitrogens with two attached hydrogens (primary N) is 1. The van der Waals surface area contributed by atoms with Crippen molar-refractivity contribution in [1.29, 1.82) is 0 Å². The van der Waals surface area contributed by atoms with E-state index in [0.717, 1.165) is 24.1 Å². The van der Waals surface area contributed by atoms with Crippen molar-refractivity contribution in [3.63, 3.8) is 0 Å². The van der Waals surface area contributed by atoms with Crippen molar-refractivity contribution in [3.8, 4) is 0 Å². The number of carbonyl (C=O) groups is 1. The second kappa shape index (κ2) is 3.25. The molecule has 0 aromatic heterocycles. The lowest BCUT2D eigenvalue weighted by Gasteiger charge is -2.39. The van der Waals surface area contributed by atoms with Crippen LogP contribution in [-0.2, 0) is 6.42 Å². The lowest BCUT2D eigenvalue weighted by Crippen LogP contribution is -2.35. The second-order valence-electron chi connectivity index (χ2n) is 6.25. The number of hydrogen-bond acceptors (Lipinski definition) is 2. The molecule has 1 aromatic rings. The van der Waals surface area contributed by atoms with Crippen molar-refractivity contribution >= 4 is 11.5 Å². The molecule has 1 spiro atoms. The van der Waals surface area contributed by atoms with Crippen LogP contribution in [0, 0.1) is 17.3 Å². The topological polar surface area (TPSA) is 43.1 Å². The average Bonchev–Trinajstić information content (AvgIpc) is 2.88. The summed E-state index contributed by atoms with van der Waals surface area (Å²) in [7, 11) is 0. The van der Waals surface area contributed by atoms with Gasteiger partial charge in [0.1, 0.15) is 0 Å². The van der Waals surface area contributed by atoms with Gasteiger partial charge >= 0.3 is 0 Å². The van der Waals surface area contributed by atoms with Crippen molar-refractivity contribution in [2.75, 3.05) is 5.73 Å². The third-order valence-corrected chi connectivity index (χ3v) is 5.11. The molecule has 4 rings (SSSR count). The highest BCUT2D eigenvalue weighted by molar-refractivity contribution is 5.99. The number of nitrogen functional groups attached to an aromatic ring is 1. The molecule has 1 fully saturated rings. The van der Waals surface area contributed by atoms with Crippen LogP contribution in [0.2, 0.25) is 0 Å².